The summed E-state index contributed by atoms with van der Waals surface area (Å²) < 4.78 is 0. The van der Waals surface area contributed by atoms with E-state index in [0.717, 1.165) is 49.7 Å². The molecule has 2 saturated heterocycles. The highest BCUT2D eigenvalue weighted by Gasteiger charge is 2.68. The van der Waals surface area contributed by atoms with Gasteiger partial charge in [0.1, 0.15) is 5.54 Å². The summed E-state index contributed by atoms with van der Waals surface area (Å²) in [5.74, 6) is -3.25. The van der Waals surface area contributed by atoms with Crippen LogP contribution in [0, 0.1) is 17.8 Å². The molecule has 188 valence electrons. The zero-order valence-electron chi connectivity index (χ0n) is 20.7. The van der Waals surface area contributed by atoms with E-state index in [1.165, 1.54) is 4.90 Å². The molecule has 2 aliphatic heterocycles. The molecule has 2 aromatic rings. The van der Waals surface area contributed by atoms with E-state index in [0.29, 0.717) is 12.1 Å². The van der Waals surface area contributed by atoms with Gasteiger partial charge in [0.2, 0.25) is 11.8 Å². The smallest absolute Gasteiger partial charge is 0.324 e. The Morgan fingerprint density at radius 1 is 1.03 bits per heavy atom. The van der Waals surface area contributed by atoms with Crippen LogP contribution in [0.25, 0.3) is 6.08 Å². The minimum Gasteiger partial charge on any atom is -0.480 e. The second-order valence-electron chi connectivity index (χ2n) is 10.5. The lowest BCUT2D eigenvalue weighted by molar-refractivity contribution is -0.150. The molecule has 3 fully saturated rings. The van der Waals surface area contributed by atoms with E-state index >= 15 is 0 Å². The summed E-state index contributed by atoms with van der Waals surface area (Å²) in [5.41, 5.74) is 1.11. The summed E-state index contributed by atoms with van der Waals surface area (Å²) in [6.45, 7) is 2.05. The second-order valence-corrected chi connectivity index (χ2v) is 10.5. The summed E-state index contributed by atoms with van der Waals surface area (Å²) in [5, 5.41) is 13.9. The number of carbonyl (C=O) groups is 3. The van der Waals surface area contributed by atoms with E-state index in [4.69, 9.17) is 0 Å². The highest BCUT2D eigenvalue weighted by Crippen LogP contribution is 2.48. The van der Waals surface area contributed by atoms with Crippen molar-refractivity contribution >= 4 is 29.5 Å². The molecule has 0 spiro atoms. The molecule has 6 nitrogen and oxygen atoms in total. The molecule has 2 amide bonds. The molecule has 2 N–H and O–H groups in total. The van der Waals surface area contributed by atoms with Gasteiger partial charge in [-0.1, -0.05) is 93.6 Å². The van der Waals surface area contributed by atoms with Gasteiger partial charge in [0.05, 0.1) is 17.5 Å². The SMILES string of the molecule is CCc1ccc(N2C(=O)C3C(/C=C/c4ccccc4)NC(CC4CCCCC4)(C(=O)O)C3C2=O)cc1. The lowest BCUT2D eigenvalue weighted by atomic mass is 9.72. The summed E-state index contributed by atoms with van der Waals surface area (Å²) in [7, 11) is 0. The Bertz CT molecular complexity index is 1150. The number of hydrogen-bond donors (Lipinski definition) is 2. The maximum Gasteiger partial charge on any atom is 0.324 e. The van der Waals surface area contributed by atoms with Crippen molar-refractivity contribution in [1.82, 2.24) is 5.32 Å². The number of aliphatic carboxylic acids is 1. The predicted molar refractivity (Wildman–Crippen MR) is 139 cm³/mol. The Morgan fingerprint density at radius 3 is 2.36 bits per heavy atom. The van der Waals surface area contributed by atoms with Crippen LogP contribution in [0.5, 0.6) is 0 Å². The van der Waals surface area contributed by atoms with Crippen LogP contribution >= 0.6 is 0 Å². The number of carboxylic acid groups (broad SMARTS) is 1. The van der Waals surface area contributed by atoms with Gasteiger partial charge in [-0.05, 0) is 42.0 Å². The van der Waals surface area contributed by atoms with Gasteiger partial charge < -0.3 is 5.11 Å². The third-order valence-corrected chi connectivity index (χ3v) is 8.31. The number of carboxylic acids is 1. The van der Waals surface area contributed by atoms with E-state index in [9.17, 15) is 19.5 Å². The van der Waals surface area contributed by atoms with Crippen molar-refractivity contribution in [2.24, 2.45) is 17.8 Å². The van der Waals surface area contributed by atoms with Crippen LogP contribution in [0.1, 0.15) is 56.6 Å². The second kappa shape index (κ2) is 10.0. The van der Waals surface area contributed by atoms with Crippen molar-refractivity contribution in [2.75, 3.05) is 4.90 Å². The fourth-order valence-corrected chi connectivity index (χ4v) is 6.44. The van der Waals surface area contributed by atoms with Crippen LogP contribution in [-0.4, -0.2) is 34.5 Å². The number of nitrogens with zero attached hydrogens (tertiary/aromatic N) is 1. The summed E-state index contributed by atoms with van der Waals surface area (Å²) in [6.07, 6.45) is 10.2. The molecule has 2 heterocycles. The van der Waals surface area contributed by atoms with Gasteiger partial charge in [-0.25, -0.2) is 4.90 Å². The largest absolute Gasteiger partial charge is 0.480 e. The van der Waals surface area contributed by atoms with Gasteiger partial charge in [-0.2, -0.15) is 0 Å². The molecule has 3 aliphatic rings. The molecule has 0 bridgehead atoms. The number of nitrogens with one attached hydrogen (secondary N) is 1. The third kappa shape index (κ3) is 4.28. The standard InChI is InChI=1S/C30H34N2O4/c1-2-20-13-16-23(17-14-20)32-27(33)25-24(18-15-21-9-5-3-6-10-21)31-30(29(35)36,26(25)28(32)34)19-22-11-7-4-8-12-22/h3,5-6,9-10,13-18,22,24-26,31H,2,4,7-8,11-12,19H2,1H3,(H,35,36)/b18-15+. The molecule has 2 aromatic carbocycles. The maximum absolute atomic E-state index is 13.9. The Hall–Kier alpha value is -3.25. The van der Waals surface area contributed by atoms with Crippen molar-refractivity contribution in [3.05, 3.63) is 71.8 Å². The Balaban J connectivity index is 1.54. The number of rotatable bonds is 7. The number of hydrogen-bond acceptors (Lipinski definition) is 4. The molecule has 4 atom stereocenters. The van der Waals surface area contributed by atoms with Crippen molar-refractivity contribution in [2.45, 2.75) is 63.5 Å². The molecular weight excluding hydrogens is 452 g/mol. The third-order valence-electron chi connectivity index (χ3n) is 8.31. The van der Waals surface area contributed by atoms with Crippen molar-refractivity contribution in [1.29, 1.82) is 0 Å². The summed E-state index contributed by atoms with van der Waals surface area (Å²) in [6, 6.07) is 16.6. The number of anilines is 1. The lowest BCUT2D eigenvalue weighted by Gasteiger charge is -2.35. The topological polar surface area (TPSA) is 86.7 Å². The van der Waals surface area contributed by atoms with Crippen molar-refractivity contribution in [3.63, 3.8) is 0 Å². The molecule has 5 rings (SSSR count). The quantitative estimate of drug-likeness (QED) is 0.547. The first-order valence-corrected chi connectivity index (χ1v) is 13.2. The number of aryl methyl sites for hydroxylation is 1. The fraction of sp³-hybridized carbons (Fsp3) is 0.433. The summed E-state index contributed by atoms with van der Waals surface area (Å²) >= 11 is 0. The van der Waals surface area contributed by atoms with E-state index in [2.05, 4.69) is 5.32 Å². The highest BCUT2D eigenvalue weighted by molar-refractivity contribution is 6.24. The van der Waals surface area contributed by atoms with Crippen LogP contribution in [0.4, 0.5) is 5.69 Å². The zero-order valence-corrected chi connectivity index (χ0v) is 20.7. The van der Waals surface area contributed by atoms with Crippen molar-refractivity contribution < 1.29 is 19.5 Å². The first-order valence-electron chi connectivity index (χ1n) is 13.2. The normalized spacial score (nSPS) is 28.7. The molecular formula is C30H34N2O4. The molecule has 6 heteroatoms. The van der Waals surface area contributed by atoms with Crippen molar-refractivity contribution in [3.8, 4) is 0 Å². The molecule has 1 saturated carbocycles. The maximum atomic E-state index is 13.9. The minimum absolute atomic E-state index is 0.223. The number of benzene rings is 2. The van der Waals surface area contributed by atoms with Gasteiger partial charge in [-0.15, -0.1) is 0 Å². The van der Waals surface area contributed by atoms with Crippen LogP contribution < -0.4 is 10.2 Å². The number of fused-ring (bicyclic) bond motifs is 1. The van der Waals surface area contributed by atoms with E-state index < -0.39 is 35.3 Å². The lowest BCUT2D eigenvalue weighted by Crippen LogP contribution is -2.57. The molecule has 0 aromatic heterocycles. The number of amides is 2. The summed E-state index contributed by atoms with van der Waals surface area (Å²) in [4.78, 5) is 41.9. The Labute approximate surface area is 212 Å². The van der Waals surface area contributed by atoms with Crippen LogP contribution in [0.15, 0.2) is 60.7 Å². The molecule has 0 radical (unpaired) electrons. The fourth-order valence-electron chi connectivity index (χ4n) is 6.44. The van der Waals surface area contributed by atoms with E-state index in [1.54, 1.807) is 12.1 Å². The van der Waals surface area contributed by atoms with Gasteiger partial charge in [0, 0.05) is 6.04 Å². The van der Waals surface area contributed by atoms with Gasteiger partial charge in [0.15, 0.2) is 0 Å². The van der Waals surface area contributed by atoms with Gasteiger partial charge in [0.25, 0.3) is 0 Å². The molecule has 1 aliphatic carbocycles. The first-order chi connectivity index (χ1) is 17.4. The van der Waals surface area contributed by atoms with Crippen LogP contribution in [-0.2, 0) is 20.8 Å². The highest BCUT2D eigenvalue weighted by atomic mass is 16.4. The van der Waals surface area contributed by atoms with Crippen LogP contribution in [0.3, 0.4) is 0 Å². The Morgan fingerprint density at radius 2 is 1.72 bits per heavy atom. The predicted octanol–water partition coefficient (Wildman–Crippen LogP) is 4.83. The number of imide groups is 1. The average Bonchev–Trinajstić information content (AvgIpc) is 3.37. The van der Waals surface area contributed by atoms with Gasteiger partial charge >= 0.3 is 5.97 Å². The monoisotopic (exact) mass is 486 g/mol. The molecule has 4 unspecified atom stereocenters. The van der Waals surface area contributed by atoms with E-state index in [1.807, 2.05) is 61.5 Å². The number of carbonyl (C=O) groups excluding carboxylic acids is 2. The minimum atomic E-state index is -1.47. The van der Waals surface area contributed by atoms with Crippen LogP contribution in [0.2, 0.25) is 0 Å². The Kier molecular flexibility index (Phi) is 6.80. The zero-order chi connectivity index (χ0) is 25.3. The van der Waals surface area contributed by atoms with E-state index in [-0.39, 0.29) is 11.8 Å². The molecule has 36 heavy (non-hydrogen) atoms. The van der Waals surface area contributed by atoms with Gasteiger partial charge in [-0.3, -0.25) is 19.7 Å². The first kappa shape index (κ1) is 24.4. The average molecular weight is 487 g/mol.